The standard InChI is InChI=1S/C31H47N3O8/c1-4-6-7-8-9-10-11-12-13-14-15-16-17-18-25-20-28(32-41-25)37-22-26(39-30-19-24(3)40-34-30)23-38-29-21-27(42-33-29)31(35)36-5-2/h19-21,26H,4-18,22-23H2,1-3H3. The van der Waals surface area contributed by atoms with Crippen molar-refractivity contribution in [1.82, 2.24) is 15.5 Å². The van der Waals surface area contributed by atoms with Crippen LogP contribution in [0.3, 0.4) is 0 Å². The van der Waals surface area contributed by atoms with Crippen molar-refractivity contribution in [3.63, 3.8) is 0 Å². The molecule has 0 aromatic carbocycles. The molecule has 3 rings (SSSR count). The Morgan fingerprint density at radius 3 is 1.88 bits per heavy atom. The summed E-state index contributed by atoms with van der Waals surface area (Å²) in [5, 5.41) is 11.6. The maximum atomic E-state index is 11.8. The molecule has 0 N–H and O–H groups in total. The summed E-state index contributed by atoms with van der Waals surface area (Å²) in [7, 11) is 0. The zero-order valence-electron chi connectivity index (χ0n) is 25.4. The molecule has 0 amide bonds. The lowest BCUT2D eigenvalue weighted by Crippen LogP contribution is -2.31. The summed E-state index contributed by atoms with van der Waals surface area (Å²) in [5.74, 6) is 1.51. The Balaban J connectivity index is 1.33. The zero-order chi connectivity index (χ0) is 29.8. The van der Waals surface area contributed by atoms with Crippen molar-refractivity contribution in [1.29, 1.82) is 0 Å². The van der Waals surface area contributed by atoms with E-state index < -0.39 is 12.1 Å². The van der Waals surface area contributed by atoms with E-state index >= 15 is 0 Å². The van der Waals surface area contributed by atoms with Gasteiger partial charge in [0.25, 0.3) is 17.6 Å². The lowest BCUT2D eigenvalue weighted by Gasteiger charge is -2.16. The molecule has 3 aromatic rings. The molecule has 1 unspecified atom stereocenters. The number of hydrogen-bond acceptors (Lipinski definition) is 11. The summed E-state index contributed by atoms with van der Waals surface area (Å²) in [6.45, 7) is 6.09. The van der Waals surface area contributed by atoms with Crippen LogP contribution >= 0.6 is 0 Å². The second-order valence-corrected chi connectivity index (χ2v) is 10.5. The van der Waals surface area contributed by atoms with Crippen molar-refractivity contribution in [2.24, 2.45) is 0 Å². The number of unbranched alkanes of at least 4 members (excludes halogenated alkanes) is 12. The molecule has 0 saturated heterocycles. The van der Waals surface area contributed by atoms with Crippen LogP contribution in [-0.4, -0.2) is 47.4 Å². The van der Waals surface area contributed by atoms with Crippen LogP contribution < -0.4 is 14.2 Å². The Kier molecular flexibility index (Phi) is 15.4. The number of aryl methyl sites for hydroxylation is 2. The number of esters is 1. The fourth-order valence-corrected chi connectivity index (χ4v) is 4.46. The van der Waals surface area contributed by atoms with E-state index in [2.05, 4.69) is 22.4 Å². The predicted molar refractivity (Wildman–Crippen MR) is 155 cm³/mol. The van der Waals surface area contributed by atoms with E-state index in [1.165, 1.54) is 83.1 Å². The van der Waals surface area contributed by atoms with Crippen molar-refractivity contribution >= 4 is 5.97 Å². The van der Waals surface area contributed by atoms with Gasteiger partial charge >= 0.3 is 5.97 Å². The van der Waals surface area contributed by atoms with Gasteiger partial charge in [0.1, 0.15) is 24.7 Å². The lowest BCUT2D eigenvalue weighted by molar-refractivity contribution is 0.0478. The summed E-state index contributed by atoms with van der Waals surface area (Å²) >= 11 is 0. The molecule has 0 radical (unpaired) electrons. The summed E-state index contributed by atoms with van der Waals surface area (Å²) < 4.78 is 37.8. The Morgan fingerprint density at radius 1 is 0.714 bits per heavy atom. The predicted octanol–water partition coefficient (Wildman–Crippen LogP) is 7.67. The first-order valence-electron chi connectivity index (χ1n) is 15.5. The first-order valence-corrected chi connectivity index (χ1v) is 15.5. The first-order chi connectivity index (χ1) is 20.6. The third-order valence-electron chi connectivity index (χ3n) is 6.76. The number of nitrogens with zero attached hydrogens (tertiary/aromatic N) is 3. The van der Waals surface area contributed by atoms with Gasteiger partial charge in [0.15, 0.2) is 6.10 Å². The van der Waals surface area contributed by atoms with Crippen LogP contribution in [0.2, 0.25) is 0 Å². The molecule has 0 fully saturated rings. The molecule has 0 aliphatic rings. The highest BCUT2D eigenvalue weighted by atomic mass is 16.6. The summed E-state index contributed by atoms with van der Waals surface area (Å²) in [6.07, 6.45) is 17.4. The molecule has 42 heavy (non-hydrogen) atoms. The van der Waals surface area contributed by atoms with Gasteiger partial charge in [-0.15, -0.1) is 0 Å². The normalized spacial score (nSPS) is 11.9. The van der Waals surface area contributed by atoms with Crippen molar-refractivity contribution in [3.8, 4) is 17.6 Å². The van der Waals surface area contributed by atoms with E-state index in [1.807, 2.05) is 6.07 Å². The third kappa shape index (κ3) is 13.0. The molecule has 0 aliphatic heterocycles. The minimum atomic E-state index is -0.616. The van der Waals surface area contributed by atoms with Crippen LogP contribution in [-0.2, 0) is 11.2 Å². The highest BCUT2D eigenvalue weighted by molar-refractivity contribution is 5.86. The molecule has 11 heteroatoms. The van der Waals surface area contributed by atoms with Crippen LogP contribution in [0.4, 0.5) is 0 Å². The van der Waals surface area contributed by atoms with Crippen molar-refractivity contribution in [3.05, 3.63) is 35.5 Å². The molecule has 3 heterocycles. The Morgan fingerprint density at radius 2 is 1.29 bits per heavy atom. The van der Waals surface area contributed by atoms with E-state index in [-0.39, 0.29) is 31.5 Å². The van der Waals surface area contributed by atoms with Crippen LogP contribution in [0.1, 0.15) is 119 Å². The maximum absolute atomic E-state index is 11.8. The van der Waals surface area contributed by atoms with Gasteiger partial charge in [-0.1, -0.05) is 84.0 Å². The second-order valence-electron chi connectivity index (χ2n) is 10.5. The SMILES string of the molecule is CCCCCCCCCCCCCCCc1cc(OCC(COc2cc(C(=O)OCC)on2)Oc2cc(C)on2)no1. The van der Waals surface area contributed by atoms with Crippen LogP contribution in [0.5, 0.6) is 17.6 Å². The number of carbonyl (C=O) groups is 1. The van der Waals surface area contributed by atoms with Gasteiger partial charge in [0.2, 0.25) is 5.76 Å². The number of aromatic nitrogens is 3. The van der Waals surface area contributed by atoms with E-state index in [1.54, 1.807) is 19.9 Å². The average molecular weight is 590 g/mol. The number of carbonyl (C=O) groups excluding carboxylic acids is 1. The van der Waals surface area contributed by atoms with E-state index in [4.69, 9.17) is 32.5 Å². The smallest absolute Gasteiger partial charge is 0.377 e. The topological polar surface area (TPSA) is 132 Å². The molecule has 1 atom stereocenters. The summed E-state index contributed by atoms with van der Waals surface area (Å²) in [5.41, 5.74) is 0. The van der Waals surface area contributed by atoms with Gasteiger partial charge in [0, 0.05) is 18.6 Å². The zero-order valence-corrected chi connectivity index (χ0v) is 25.4. The fourth-order valence-electron chi connectivity index (χ4n) is 4.46. The second kappa shape index (κ2) is 19.6. The van der Waals surface area contributed by atoms with Crippen LogP contribution in [0.25, 0.3) is 0 Å². The highest BCUT2D eigenvalue weighted by Gasteiger charge is 2.20. The largest absolute Gasteiger partial charge is 0.471 e. The molecule has 234 valence electrons. The number of rotatable bonds is 24. The molecule has 0 spiro atoms. The number of hydrogen-bond donors (Lipinski definition) is 0. The molecular formula is C31H47N3O8. The first kappa shape index (κ1) is 33.0. The van der Waals surface area contributed by atoms with Gasteiger partial charge in [-0.2, -0.15) is 0 Å². The van der Waals surface area contributed by atoms with Gasteiger partial charge in [0.05, 0.1) is 12.7 Å². The lowest BCUT2D eigenvalue weighted by atomic mass is 10.0. The molecular weight excluding hydrogens is 542 g/mol. The van der Waals surface area contributed by atoms with E-state index in [9.17, 15) is 4.79 Å². The van der Waals surface area contributed by atoms with Gasteiger partial charge in [-0.25, -0.2) is 4.79 Å². The van der Waals surface area contributed by atoms with Gasteiger partial charge in [-0.05, 0) is 35.7 Å². The van der Waals surface area contributed by atoms with E-state index in [0.717, 1.165) is 18.6 Å². The van der Waals surface area contributed by atoms with Gasteiger partial charge in [-0.3, -0.25) is 0 Å². The maximum Gasteiger partial charge on any atom is 0.377 e. The van der Waals surface area contributed by atoms with Crippen LogP contribution in [0.15, 0.2) is 31.8 Å². The molecule has 0 saturated carbocycles. The van der Waals surface area contributed by atoms with Crippen molar-refractivity contribution in [2.75, 3.05) is 19.8 Å². The minimum Gasteiger partial charge on any atom is -0.471 e. The van der Waals surface area contributed by atoms with E-state index in [0.29, 0.717) is 17.5 Å². The average Bonchev–Trinajstić information content (AvgIpc) is 3.74. The molecule has 11 nitrogen and oxygen atoms in total. The van der Waals surface area contributed by atoms with Crippen molar-refractivity contribution in [2.45, 2.75) is 117 Å². The quantitative estimate of drug-likeness (QED) is 0.0752. The monoisotopic (exact) mass is 589 g/mol. The Hall–Kier alpha value is -3.50. The van der Waals surface area contributed by atoms with Gasteiger partial charge < -0.3 is 32.5 Å². The van der Waals surface area contributed by atoms with Crippen LogP contribution in [0, 0.1) is 6.92 Å². The molecule has 0 bridgehead atoms. The Labute approximate surface area is 248 Å². The summed E-state index contributed by atoms with van der Waals surface area (Å²) in [6, 6.07) is 4.82. The highest BCUT2D eigenvalue weighted by Crippen LogP contribution is 2.19. The third-order valence-corrected chi connectivity index (χ3v) is 6.76. The minimum absolute atomic E-state index is 0.0321. The summed E-state index contributed by atoms with van der Waals surface area (Å²) in [4.78, 5) is 11.8. The van der Waals surface area contributed by atoms with Crippen molar-refractivity contribution < 1.29 is 37.3 Å². The molecule has 3 aromatic heterocycles. The molecule has 0 aliphatic carbocycles. The number of ether oxygens (including phenoxy) is 4. The Bertz CT molecular complexity index is 1130. The fraction of sp³-hybridized carbons (Fsp3) is 0.677.